The molecule has 3 aliphatic heterocycles. The number of hydrogen-bond acceptors (Lipinski definition) is 5. The average molecular weight is 370 g/mol. The van der Waals surface area contributed by atoms with Gasteiger partial charge in [0.15, 0.2) is 5.60 Å². The molecular weight excluding hydrogens is 349 g/mol. The molecule has 2 aromatic heterocycles. The van der Waals surface area contributed by atoms with E-state index in [0.717, 1.165) is 42.2 Å². The smallest absolute Gasteiger partial charge is 0.195 e. The highest BCUT2D eigenvalue weighted by molar-refractivity contribution is 7.11. The fourth-order valence-electron chi connectivity index (χ4n) is 3.85. The van der Waals surface area contributed by atoms with E-state index in [4.69, 9.17) is 4.74 Å². The third kappa shape index (κ3) is 3.20. The zero-order chi connectivity index (χ0) is 16.6. The summed E-state index contributed by atoms with van der Waals surface area (Å²) in [6.07, 6.45) is 2.25. The SMILES string of the molecule is CO[C@]1(C#CC(O)(c2cccs2)c2cccs2)CN2CCC1CC2.[B]. The first-order valence-corrected chi connectivity index (χ1v) is 10.0. The Bertz CT molecular complexity index is 708. The van der Waals surface area contributed by atoms with E-state index in [9.17, 15) is 5.11 Å². The van der Waals surface area contributed by atoms with Crippen molar-refractivity contribution in [1.82, 2.24) is 4.90 Å². The molecule has 6 heteroatoms. The van der Waals surface area contributed by atoms with Gasteiger partial charge in [-0.05, 0) is 48.8 Å². The third-order valence-corrected chi connectivity index (χ3v) is 7.24. The summed E-state index contributed by atoms with van der Waals surface area (Å²) in [6, 6.07) is 7.82. The average Bonchev–Trinajstić information content (AvgIpc) is 3.34. The van der Waals surface area contributed by atoms with Gasteiger partial charge in [0.2, 0.25) is 0 Å². The highest BCUT2D eigenvalue weighted by atomic mass is 32.1. The van der Waals surface area contributed by atoms with Crippen molar-refractivity contribution in [2.75, 3.05) is 26.7 Å². The fourth-order valence-corrected chi connectivity index (χ4v) is 5.50. The van der Waals surface area contributed by atoms with Gasteiger partial charge in [0.1, 0.15) is 5.60 Å². The highest BCUT2D eigenvalue weighted by Crippen LogP contribution is 2.39. The molecule has 129 valence electrons. The van der Waals surface area contributed by atoms with Crippen LogP contribution in [0.4, 0.5) is 0 Å². The first-order chi connectivity index (χ1) is 11.7. The molecule has 1 atom stereocenters. The predicted molar refractivity (Wildman–Crippen MR) is 104 cm³/mol. The molecule has 2 bridgehead atoms. The molecule has 5 rings (SSSR count). The lowest BCUT2D eigenvalue weighted by atomic mass is 9.75. The van der Waals surface area contributed by atoms with Crippen LogP contribution in [0.15, 0.2) is 35.0 Å². The summed E-state index contributed by atoms with van der Waals surface area (Å²) in [5, 5.41) is 15.4. The zero-order valence-electron chi connectivity index (χ0n) is 14.3. The summed E-state index contributed by atoms with van der Waals surface area (Å²) in [5.74, 6) is 7.06. The maximum atomic E-state index is 11.4. The maximum absolute atomic E-state index is 11.4. The van der Waals surface area contributed by atoms with Gasteiger partial charge in [0, 0.05) is 28.0 Å². The first kappa shape index (κ1) is 18.7. The molecule has 0 saturated carbocycles. The van der Waals surface area contributed by atoms with Gasteiger partial charge in [-0.25, -0.2) is 0 Å². The number of methoxy groups -OCH3 is 1. The number of fused-ring (bicyclic) bond motifs is 3. The highest BCUT2D eigenvalue weighted by Gasteiger charge is 2.46. The van der Waals surface area contributed by atoms with Gasteiger partial charge in [-0.15, -0.1) is 22.7 Å². The Labute approximate surface area is 159 Å². The Morgan fingerprint density at radius 2 is 1.80 bits per heavy atom. The van der Waals surface area contributed by atoms with Gasteiger partial charge in [0.05, 0.1) is 9.75 Å². The minimum atomic E-state index is -1.25. The Hall–Kier alpha value is -1.10. The second kappa shape index (κ2) is 7.26. The Balaban J connectivity index is 0.00000182. The number of ether oxygens (including phenoxy) is 1. The Morgan fingerprint density at radius 3 is 2.20 bits per heavy atom. The molecule has 0 spiro atoms. The molecule has 0 unspecified atom stereocenters. The third-order valence-electron chi connectivity index (χ3n) is 5.28. The largest absolute Gasteiger partial charge is 0.368 e. The molecule has 3 saturated heterocycles. The summed E-state index contributed by atoms with van der Waals surface area (Å²) in [7, 11) is 1.76. The van der Waals surface area contributed by atoms with Gasteiger partial charge in [-0.1, -0.05) is 24.0 Å². The number of piperidine rings is 3. The molecule has 3 fully saturated rings. The summed E-state index contributed by atoms with van der Waals surface area (Å²) in [6.45, 7) is 3.11. The molecule has 5 heterocycles. The van der Waals surface area contributed by atoms with Crippen LogP contribution in [0.1, 0.15) is 22.6 Å². The molecule has 0 aliphatic carbocycles. The van der Waals surface area contributed by atoms with Crippen molar-refractivity contribution in [1.29, 1.82) is 0 Å². The van der Waals surface area contributed by atoms with Gasteiger partial charge in [-0.2, -0.15) is 0 Å². The quantitative estimate of drug-likeness (QED) is 0.666. The van der Waals surface area contributed by atoms with Gasteiger partial charge in [-0.3, -0.25) is 4.90 Å². The minimum Gasteiger partial charge on any atom is -0.368 e. The molecule has 0 aromatic carbocycles. The monoisotopic (exact) mass is 370 g/mol. The van der Waals surface area contributed by atoms with Crippen molar-refractivity contribution in [3.63, 3.8) is 0 Å². The van der Waals surface area contributed by atoms with Gasteiger partial charge < -0.3 is 9.84 Å². The number of hydrogen-bond donors (Lipinski definition) is 1. The van der Waals surface area contributed by atoms with E-state index in [2.05, 4.69) is 16.7 Å². The van der Waals surface area contributed by atoms with Crippen LogP contribution >= 0.6 is 22.7 Å². The Kier molecular flexibility index (Phi) is 5.43. The van der Waals surface area contributed by atoms with E-state index in [1.165, 1.54) is 22.7 Å². The molecule has 0 amide bonds. The summed E-state index contributed by atoms with van der Waals surface area (Å²) in [4.78, 5) is 4.16. The lowest BCUT2D eigenvalue weighted by molar-refractivity contribution is -0.0964. The number of rotatable bonds is 3. The van der Waals surface area contributed by atoms with Gasteiger partial charge >= 0.3 is 0 Å². The first-order valence-electron chi connectivity index (χ1n) is 8.28. The molecule has 1 N–H and O–H groups in total. The molecule has 3 aliphatic rings. The second-order valence-electron chi connectivity index (χ2n) is 6.56. The van der Waals surface area contributed by atoms with Crippen LogP contribution in [0.5, 0.6) is 0 Å². The number of aliphatic hydroxyl groups is 1. The molecule has 3 radical (unpaired) electrons. The van der Waals surface area contributed by atoms with Crippen LogP contribution in [0.25, 0.3) is 0 Å². The summed E-state index contributed by atoms with van der Waals surface area (Å²) in [5.41, 5.74) is -1.71. The lowest BCUT2D eigenvalue weighted by Crippen LogP contribution is -2.59. The minimum absolute atomic E-state index is 0. The zero-order valence-corrected chi connectivity index (χ0v) is 15.9. The lowest BCUT2D eigenvalue weighted by Gasteiger charge is -2.49. The van der Waals surface area contributed by atoms with Crippen molar-refractivity contribution in [3.8, 4) is 11.8 Å². The van der Waals surface area contributed by atoms with E-state index >= 15 is 0 Å². The van der Waals surface area contributed by atoms with Crippen LogP contribution in [0, 0.1) is 17.8 Å². The molecule has 2 aromatic rings. The van der Waals surface area contributed by atoms with Crippen molar-refractivity contribution < 1.29 is 9.84 Å². The Morgan fingerprint density at radius 1 is 1.20 bits per heavy atom. The van der Waals surface area contributed by atoms with Crippen LogP contribution in [-0.2, 0) is 10.3 Å². The fraction of sp³-hybridized carbons (Fsp3) is 0.474. The van der Waals surface area contributed by atoms with E-state index in [1.807, 2.05) is 35.0 Å². The van der Waals surface area contributed by atoms with Crippen LogP contribution in [-0.4, -0.2) is 50.8 Å². The number of nitrogens with zero attached hydrogens (tertiary/aromatic N) is 1. The van der Waals surface area contributed by atoms with Crippen LogP contribution in [0.2, 0.25) is 0 Å². The standard InChI is InChI=1S/C19H21NO2S2.B/c1-22-18(14-20-10-6-15(18)7-11-20)8-9-19(21,16-4-2-12-23-16)17-5-3-13-24-17;/h2-5,12-13,15,21H,6-7,10-11,14H2,1H3;/t18-;/m1./s1. The number of thiophene rings is 2. The van der Waals surface area contributed by atoms with E-state index in [1.54, 1.807) is 7.11 Å². The van der Waals surface area contributed by atoms with E-state index < -0.39 is 11.2 Å². The second-order valence-corrected chi connectivity index (χ2v) is 8.45. The van der Waals surface area contributed by atoms with Crippen molar-refractivity contribution in [2.45, 2.75) is 24.0 Å². The molecule has 25 heavy (non-hydrogen) atoms. The predicted octanol–water partition coefficient (Wildman–Crippen LogP) is 2.78. The normalized spacial score (nSPS) is 28.1. The van der Waals surface area contributed by atoms with Crippen LogP contribution < -0.4 is 0 Å². The maximum Gasteiger partial charge on any atom is 0.195 e. The van der Waals surface area contributed by atoms with Crippen LogP contribution in [0.3, 0.4) is 0 Å². The summed E-state index contributed by atoms with van der Waals surface area (Å²) < 4.78 is 5.92. The molecule has 3 nitrogen and oxygen atoms in total. The van der Waals surface area contributed by atoms with E-state index in [-0.39, 0.29) is 8.41 Å². The van der Waals surface area contributed by atoms with Gasteiger partial charge in [0.25, 0.3) is 0 Å². The topological polar surface area (TPSA) is 32.7 Å². The molecular formula is C19H21BNO2S2. The summed E-state index contributed by atoms with van der Waals surface area (Å²) >= 11 is 3.08. The van der Waals surface area contributed by atoms with E-state index in [0.29, 0.717) is 5.92 Å². The van der Waals surface area contributed by atoms with Crippen molar-refractivity contribution in [3.05, 3.63) is 44.8 Å². The van der Waals surface area contributed by atoms with Crippen molar-refractivity contribution >= 4 is 31.1 Å². The van der Waals surface area contributed by atoms with Crippen molar-refractivity contribution in [2.24, 2.45) is 5.92 Å².